The minimum Gasteiger partial charge on any atom is -0.355 e. The Labute approximate surface area is 377 Å². The van der Waals surface area contributed by atoms with Gasteiger partial charge in [-0.15, -0.1) is 11.3 Å². The lowest BCUT2D eigenvalue weighted by Gasteiger charge is -2.32. The Morgan fingerprint density at radius 2 is 0.906 bits per heavy atom. The number of nitrogens with one attached hydrogen (secondary N) is 1. The first-order chi connectivity index (χ1) is 31.8. The summed E-state index contributed by atoms with van der Waals surface area (Å²) in [7, 11) is 0. The van der Waals surface area contributed by atoms with Gasteiger partial charge in [-0.25, -0.2) is 0 Å². The van der Waals surface area contributed by atoms with E-state index in [4.69, 9.17) is 0 Å². The number of hydrogen-bond acceptors (Lipinski definition) is 3. The van der Waals surface area contributed by atoms with Crippen molar-refractivity contribution in [3.8, 4) is 44.5 Å². The Morgan fingerprint density at radius 1 is 0.359 bits per heavy atom. The Kier molecular flexibility index (Phi) is 8.34. The van der Waals surface area contributed by atoms with Crippen LogP contribution in [0.4, 0.5) is 28.4 Å². The van der Waals surface area contributed by atoms with Crippen molar-refractivity contribution in [1.82, 2.24) is 0 Å². The van der Waals surface area contributed by atoms with Gasteiger partial charge in [0, 0.05) is 59.6 Å². The molecule has 0 radical (unpaired) electrons. The summed E-state index contributed by atoms with van der Waals surface area (Å²) >= 11 is 1.92. The number of nitrogens with zero attached hydrogens (tertiary/aromatic N) is 1. The maximum Gasteiger partial charge on any atom is 0.0727 e. The zero-order valence-electron chi connectivity index (χ0n) is 34.9. The molecule has 0 saturated heterocycles. The van der Waals surface area contributed by atoms with E-state index in [1.165, 1.54) is 86.9 Å². The van der Waals surface area contributed by atoms with E-state index in [1.54, 1.807) is 0 Å². The van der Waals surface area contributed by atoms with Gasteiger partial charge >= 0.3 is 0 Å². The molecule has 3 heteroatoms. The lowest BCUT2D eigenvalue weighted by atomic mass is 9.70. The van der Waals surface area contributed by atoms with Crippen molar-refractivity contribution in [2.45, 2.75) is 5.41 Å². The van der Waals surface area contributed by atoms with E-state index in [2.05, 4.69) is 247 Å². The fraction of sp³-hybridized carbons (Fsp3) is 0.0164. The van der Waals surface area contributed by atoms with Gasteiger partial charge < -0.3 is 10.2 Å². The van der Waals surface area contributed by atoms with Gasteiger partial charge in [-0.2, -0.15) is 0 Å². The molecule has 1 aromatic heterocycles. The molecular formula is C61H40N2S. The molecule has 11 aromatic rings. The molecule has 300 valence electrons. The van der Waals surface area contributed by atoms with Crippen molar-refractivity contribution in [3.63, 3.8) is 0 Å². The van der Waals surface area contributed by atoms with Crippen LogP contribution in [0.15, 0.2) is 237 Å². The van der Waals surface area contributed by atoms with Crippen LogP contribution in [0.5, 0.6) is 0 Å². The van der Waals surface area contributed by atoms with Crippen molar-refractivity contribution < 1.29 is 0 Å². The molecule has 0 saturated carbocycles. The maximum absolute atomic E-state index is 3.98. The first kappa shape index (κ1) is 36.7. The number of thiophene rings is 1. The van der Waals surface area contributed by atoms with Gasteiger partial charge in [-0.05, 0) is 105 Å². The van der Waals surface area contributed by atoms with Crippen LogP contribution < -0.4 is 10.2 Å². The third-order valence-electron chi connectivity index (χ3n) is 13.5. The lowest BCUT2D eigenvalue weighted by molar-refractivity contribution is 0.794. The zero-order chi connectivity index (χ0) is 42.2. The molecular weight excluding hydrogens is 793 g/mol. The predicted molar refractivity (Wildman–Crippen MR) is 271 cm³/mol. The molecule has 1 unspecified atom stereocenters. The fourth-order valence-electron chi connectivity index (χ4n) is 10.8. The van der Waals surface area contributed by atoms with E-state index >= 15 is 0 Å². The third kappa shape index (κ3) is 5.44. The molecule has 0 amide bonds. The van der Waals surface area contributed by atoms with Gasteiger partial charge in [0.2, 0.25) is 0 Å². The highest BCUT2D eigenvalue weighted by Gasteiger charge is 2.53. The number of fused-ring (bicyclic) bond motifs is 14. The standard InChI is InChI=1S/C61H40N2S/c1-4-16-40(17-5-1)42-30-34-44(35-31-42)62-54-27-14-25-51-58(54)59-52(61(51)50-24-12-10-23-49(50)57-53(61)39-38-48-47-22-11-13-29-56(47)64-60(48)57)26-15-28-55(59)63(45-20-8-3-9-21-45)46-36-32-43(33-37-46)41-18-6-2-7-19-41/h1-39,62H. The average Bonchev–Trinajstić information content (AvgIpc) is 4.00. The fourth-order valence-corrected chi connectivity index (χ4v) is 12.0. The second-order valence-electron chi connectivity index (χ2n) is 16.8. The highest BCUT2D eigenvalue weighted by molar-refractivity contribution is 7.26. The van der Waals surface area contributed by atoms with Crippen molar-refractivity contribution in [2.24, 2.45) is 0 Å². The van der Waals surface area contributed by atoms with Gasteiger partial charge in [0.25, 0.3) is 0 Å². The first-order valence-corrected chi connectivity index (χ1v) is 22.8. The van der Waals surface area contributed by atoms with E-state index in [9.17, 15) is 0 Å². The molecule has 1 heterocycles. The molecule has 2 aliphatic rings. The molecule has 10 aromatic carbocycles. The Morgan fingerprint density at radius 3 is 1.64 bits per heavy atom. The molecule has 64 heavy (non-hydrogen) atoms. The average molecular weight is 833 g/mol. The minimum absolute atomic E-state index is 0.564. The Hall–Kier alpha value is -7.98. The Bertz CT molecular complexity index is 3560. The number of anilines is 5. The number of rotatable bonds is 7. The summed E-state index contributed by atoms with van der Waals surface area (Å²) in [6.45, 7) is 0. The van der Waals surface area contributed by atoms with Gasteiger partial charge in [0.1, 0.15) is 0 Å². The SMILES string of the molecule is c1ccc(-c2ccc(Nc3cccc4c3-c3c(N(c5ccccc5)c5ccc(-c6ccccc6)cc5)cccc3C43c4ccccc4-c4c3ccc3c4sc4ccccc43)cc2)cc1. The molecule has 2 nitrogen and oxygen atoms in total. The molecule has 1 spiro atoms. The number of benzene rings is 10. The second kappa shape index (κ2) is 14.6. The number of hydrogen-bond donors (Lipinski definition) is 1. The van der Waals surface area contributed by atoms with Gasteiger partial charge in [-0.1, -0.05) is 182 Å². The smallest absolute Gasteiger partial charge is 0.0727 e. The highest BCUT2D eigenvalue weighted by atomic mass is 32.1. The largest absolute Gasteiger partial charge is 0.355 e. The maximum atomic E-state index is 3.98. The van der Waals surface area contributed by atoms with E-state index in [0.717, 1.165) is 28.4 Å². The molecule has 2 aliphatic carbocycles. The lowest BCUT2D eigenvalue weighted by Crippen LogP contribution is -2.26. The van der Waals surface area contributed by atoms with Crippen LogP contribution in [0, 0.1) is 0 Å². The predicted octanol–water partition coefficient (Wildman–Crippen LogP) is 16.9. The van der Waals surface area contributed by atoms with Crippen LogP contribution in [0.25, 0.3) is 64.7 Å². The molecule has 13 rings (SSSR count). The summed E-state index contributed by atoms with van der Waals surface area (Å²) in [5.41, 5.74) is 20.1. The van der Waals surface area contributed by atoms with Gasteiger partial charge in [0.15, 0.2) is 0 Å². The zero-order valence-corrected chi connectivity index (χ0v) is 35.7. The minimum atomic E-state index is -0.564. The molecule has 0 fully saturated rings. The van der Waals surface area contributed by atoms with E-state index in [0.29, 0.717) is 0 Å². The summed E-state index contributed by atoms with van der Waals surface area (Å²) in [5, 5.41) is 6.62. The van der Waals surface area contributed by atoms with Crippen LogP contribution in [-0.2, 0) is 5.41 Å². The number of para-hydroxylation sites is 1. The first-order valence-electron chi connectivity index (χ1n) is 22.0. The molecule has 1 N–H and O–H groups in total. The van der Waals surface area contributed by atoms with E-state index in [-0.39, 0.29) is 0 Å². The summed E-state index contributed by atoms with van der Waals surface area (Å²) in [6, 6.07) is 86.8. The van der Waals surface area contributed by atoms with Crippen LogP contribution in [0.3, 0.4) is 0 Å². The van der Waals surface area contributed by atoms with Crippen molar-refractivity contribution in [1.29, 1.82) is 0 Å². The van der Waals surface area contributed by atoms with Gasteiger partial charge in [-0.3, -0.25) is 0 Å². The summed E-state index contributed by atoms with van der Waals surface area (Å²) in [6.07, 6.45) is 0. The topological polar surface area (TPSA) is 15.3 Å². The monoisotopic (exact) mass is 832 g/mol. The quantitative estimate of drug-likeness (QED) is 0.172. The highest BCUT2D eigenvalue weighted by Crippen LogP contribution is 2.67. The Balaban J connectivity index is 1.08. The van der Waals surface area contributed by atoms with Crippen LogP contribution in [0.2, 0.25) is 0 Å². The molecule has 0 bridgehead atoms. The van der Waals surface area contributed by atoms with Crippen LogP contribution >= 0.6 is 11.3 Å². The summed E-state index contributed by atoms with van der Waals surface area (Å²) in [5.74, 6) is 0. The van der Waals surface area contributed by atoms with Crippen LogP contribution in [0.1, 0.15) is 22.3 Å². The third-order valence-corrected chi connectivity index (χ3v) is 14.7. The van der Waals surface area contributed by atoms with E-state index in [1.807, 2.05) is 11.3 Å². The second-order valence-corrected chi connectivity index (χ2v) is 17.9. The van der Waals surface area contributed by atoms with Crippen molar-refractivity contribution >= 4 is 59.9 Å². The van der Waals surface area contributed by atoms with E-state index < -0.39 is 5.41 Å². The van der Waals surface area contributed by atoms with Crippen LogP contribution in [-0.4, -0.2) is 0 Å². The molecule has 1 atom stereocenters. The van der Waals surface area contributed by atoms with Crippen molar-refractivity contribution in [2.75, 3.05) is 10.2 Å². The summed E-state index contributed by atoms with van der Waals surface area (Å²) < 4.78 is 2.67. The summed E-state index contributed by atoms with van der Waals surface area (Å²) in [4.78, 5) is 2.46. The van der Waals surface area contributed by atoms with Crippen molar-refractivity contribution in [3.05, 3.63) is 259 Å². The molecule has 0 aliphatic heterocycles. The van der Waals surface area contributed by atoms with Gasteiger partial charge in [0.05, 0.1) is 11.1 Å². The normalized spacial score (nSPS) is 14.3.